The first kappa shape index (κ1) is 14.4. The lowest BCUT2D eigenvalue weighted by atomic mass is 9.75. The fraction of sp³-hybridized carbons (Fsp3) is 0.625. The Labute approximate surface area is 114 Å². The summed E-state index contributed by atoms with van der Waals surface area (Å²) in [6.07, 6.45) is 5.50. The molecule has 0 heterocycles. The summed E-state index contributed by atoms with van der Waals surface area (Å²) >= 11 is 0. The Hall–Kier alpha value is -0.960. The van der Waals surface area contributed by atoms with Crippen LogP contribution in [-0.2, 0) is 0 Å². The Morgan fingerprint density at radius 2 is 2.00 bits per heavy atom. The molecule has 19 heavy (non-hydrogen) atoms. The van der Waals surface area contributed by atoms with Gasteiger partial charge in [0.1, 0.15) is 11.6 Å². The molecule has 0 aromatic heterocycles. The Balaban J connectivity index is 2.11. The second-order valence-electron chi connectivity index (χ2n) is 5.52. The molecule has 1 aromatic rings. The lowest BCUT2D eigenvalue weighted by molar-refractivity contribution is 0.290. The maximum absolute atomic E-state index is 13.9. The van der Waals surface area contributed by atoms with E-state index in [9.17, 15) is 8.78 Å². The minimum absolute atomic E-state index is 0.161. The predicted molar refractivity (Wildman–Crippen MR) is 74.2 cm³/mol. The van der Waals surface area contributed by atoms with Crippen LogP contribution in [0.5, 0.6) is 0 Å². The van der Waals surface area contributed by atoms with Crippen molar-refractivity contribution in [2.45, 2.75) is 44.9 Å². The van der Waals surface area contributed by atoms with Gasteiger partial charge in [-0.3, -0.25) is 0 Å². The van der Waals surface area contributed by atoms with Gasteiger partial charge in [0.2, 0.25) is 0 Å². The van der Waals surface area contributed by atoms with Gasteiger partial charge in [-0.2, -0.15) is 0 Å². The van der Waals surface area contributed by atoms with E-state index in [4.69, 9.17) is 0 Å². The van der Waals surface area contributed by atoms with E-state index in [2.05, 4.69) is 12.2 Å². The molecule has 1 aliphatic rings. The second-order valence-corrected chi connectivity index (χ2v) is 5.52. The van der Waals surface area contributed by atoms with E-state index >= 15 is 0 Å². The highest BCUT2D eigenvalue weighted by atomic mass is 19.1. The third kappa shape index (κ3) is 3.75. The summed E-state index contributed by atoms with van der Waals surface area (Å²) < 4.78 is 27.3. The highest BCUT2D eigenvalue weighted by Crippen LogP contribution is 2.38. The fourth-order valence-electron chi connectivity index (χ4n) is 3.12. The van der Waals surface area contributed by atoms with Crippen LogP contribution in [0.1, 0.15) is 50.5 Å². The Bertz CT molecular complexity index is 406. The van der Waals surface area contributed by atoms with Crippen LogP contribution < -0.4 is 5.32 Å². The highest BCUT2D eigenvalue weighted by Gasteiger charge is 2.28. The van der Waals surface area contributed by atoms with Gasteiger partial charge in [-0.25, -0.2) is 8.78 Å². The zero-order valence-corrected chi connectivity index (χ0v) is 11.6. The van der Waals surface area contributed by atoms with Crippen LogP contribution in [0.3, 0.4) is 0 Å². The number of halogens is 2. The van der Waals surface area contributed by atoms with Crippen molar-refractivity contribution in [3.8, 4) is 0 Å². The first-order valence-corrected chi connectivity index (χ1v) is 7.38. The van der Waals surface area contributed by atoms with Crippen LogP contribution in [0.4, 0.5) is 8.78 Å². The molecule has 1 aromatic carbocycles. The van der Waals surface area contributed by atoms with Gasteiger partial charge in [-0.15, -0.1) is 0 Å². The molecule has 0 bridgehead atoms. The van der Waals surface area contributed by atoms with Crippen molar-refractivity contribution < 1.29 is 8.78 Å². The average molecular weight is 267 g/mol. The standard InChI is InChI=1S/C16H23F2N/c1-2-9-19-11-12-5-3-4-6-14(12)15-10-13(17)7-8-16(15)18/h7-8,10,12,14,19H,2-6,9,11H2,1H3. The first-order valence-electron chi connectivity index (χ1n) is 7.38. The largest absolute Gasteiger partial charge is 0.316 e. The Morgan fingerprint density at radius 1 is 1.21 bits per heavy atom. The Kier molecular flexibility index (Phi) is 5.32. The lowest BCUT2D eigenvalue weighted by Crippen LogP contribution is -2.30. The normalized spacial score (nSPS) is 23.5. The van der Waals surface area contributed by atoms with Gasteiger partial charge in [0.15, 0.2) is 0 Å². The summed E-state index contributed by atoms with van der Waals surface area (Å²) in [5.74, 6) is 0.00133. The molecule has 1 fully saturated rings. The maximum Gasteiger partial charge on any atom is 0.126 e. The van der Waals surface area contributed by atoms with Gasteiger partial charge in [-0.05, 0) is 68.0 Å². The topological polar surface area (TPSA) is 12.0 Å². The monoisotopic (exact) mass is 267 g/mol. The molecule has 3 heteroatoms. The van der Waals surface area contributed by atoms with Crippen molar-refractivity contribution >= 4 is 0 Å². The second kappa shape index (κ2) is 6.99. The molecule has 1 saturated carbocycles. The summed E-state index contributed by atoms with van der Waals surface area (Å²) in [6.45, 7) is 4.04. The van der Waals surface area contributed by atoms with E-state index in [1.807, 2.05) is 0 Å². The molecule has 2 rings (SSSR count). The molecule has 2 atom stereocenters. The molecular formula is C16H23F2N. The van der Waals surface area contributed by atoms with Crippen molar-refractivity contribution in [1.82, 2.24) is 5.32 Å². The van der Waals surface area contributed by atoms with Gasteiger partial charge in [0, 0.05) is 0 Å². The van der Waals surface area contributed by atoms with Crippen LogP contribution >= 0.6 is 0 Å². The average Bonchev–Trinajstić information content (AvgIpc) is 2.42. The molecule has 0 aliphatic heterocycles. The lowest BCUT2D eigenvalue weighted by Gasteiger charge is -2.32. The van der Waals surface area contributed by atoms with Crippen molar-refractivity contribution in [3.63, 3.8) is 0 Å². The summed E-state index contributed by atoms with van der Waals surface area (Å²) in [6, 6.07) is 3.85. The molecule has 1 N–H and O–H groups in total. The van der Waals surface area contributed by atoms with E-state index in [1.54, 1.807) is 0 Å². The zero-order chi connectivity index (χ0) is 13.7. The van der Waals surface area contributed by atoms with Gasteiger partial charge >= 0.3 is 0 Å². The smallest absolute Gasteiger partial charge is 0.126 e. The summed E-state index contributed by atoms with van der Waals surface area (Å²) in [5.41, 5.74) is 0.572. The zero-order valence-electron chi connectivity index (χ0n) is 11.6. The predicted octanol–water partition coefficient (Wildman–Crippen LogP) is 4.24. The quantitative estimate of drug-likeness (QED) is 0.787. The van der Waals surface area contributed by atoms with Crippen LogP contribution in [-0.4, -0.2) is 13.1 Å². The number of benzene rings is 1. The minimum Gasteiger partial charge on any atom is -0.316 e. The van der Waals surface area contributed by atoms with Crippen LogP contribution in [0.25, 0.3) is 0 Å². The van der Waals surface area contributed by atoms with Crippen molar-refractivity contribution in [1.29, 1.82) is 0 Å². The maximum atomic E-state index is 13.9. The van der Waals surface area contributed by atoms with Crippen molar-refractivity contribution in [2.24, 2.45) is 5.92 Å². The number of hydrogen-bond donors (Lipinski definition) is 1. The molecule has 0 saturated heterocycles. The molecule has 0 amide bonds. The number of nitrogens with one attached hydrogen (secondary N) is 1. The first-order chi connectivity index (χ1) is 9.22. The van der Waals surface area contributed by atoms with E-state index in [-0.39, 0.29) is 17.6 Å². The molecule has 0 radical (unpaired) electrons. The van der Waals surface area contributed by atoms with Gasteiger partial charge in [0.25, 0.3) is 0 Å². The molecule has 0 spiro atoms. The van der Waals surface area contributed by atoms with Gasteiger partial charge in [0.05, 0.1) is 0 Å². The molecule has 2 unspecified atom stereocenters. The Morgan fingerprint density at radius 3 is 2.79 bits per heavy atom. The summed E-state index contributed by atoms with van der Waals surface area (Å²) in [4.78, 5) is 0. The third-order valence-corrected chi connectivity index (χ3v) is 4.10. The van der Waals surface area contributed by atoms with E-state index in [0.29, 0.717) is 11.5 Å². The van der Waals surface area contributed by atoms with Crippen molar-refractivity contribution in [3.05, 3.63) is 35.4 Å². The minimum atomic E-state index is -0.331. The molecule has 1 nitrogen and oxygen atoms in total. The fourth-order valence-corrected chi connectivity index (χ4v) is 3.12. The van der Waals surface area contributed by atoms with E-state index in [0.717, 1.165) is 38.8 Å². The highest BCUT2D eigenvalue weighted by molar-refractivity contribution is 5.24. The third-order valence-electron chi connectivity index (χ3n) is 4.10. The van der Waals surface area contributed by atoms with Crippen LogP contribution in [0, 0.1) is 17.6 Å². The SMILES string of the molecule is CCCNCC1CCCCC1c1cc(F)ccc1F. The van der Waals surface area contributed by atoms with Crippen LogP contribution in [0.2, 0.25) is 0 Å². The molecule has 1 aliphatic carbocycles. The van der Waals surface area contributed by atoms with E-state index < -0.39 is 0 Å². The number of rotatable bonds is 5. The number of hydrogen-bond acceptors (Lipinski definition) is 1. The molecule has 106 valence electrons. The van der Waals surface area contributed by atoms with Gasteiger partial charge in [-0.1, -0.05) is 19.8 Å². The summed E-state index contributed by atoms with van der Waals surface area (Å²) in [7, 11) is 0. The van der Waals surface area contributed by atoms with Gasteiger partial charge < -0.3 is 5.32 Å². The summed E-state index contributed by atoms with van der Waals surface area (Å²) in [5, 5.41) is 3.42. The van der Waals surface area contributed by atoms with Crippen molar-refractivity contribution in [2.75, 3.05) is 13.1 Å². The van der Waals surface area contributed by atoms with Crippen LogP contribution in [0.15, 0.2) is 18.2 Å². The molecular weight excluding hydrogens is 244 g/mol. The van der Waals surface area contributed by atoms with E-state index in [1.165, 1.54) is 24.6 Å².